The minimum atomic E-state index is -0.694. The zero-order valence-electron chi connectivity index (χ0n) is 5.87. The van der Waals surface area contributed by atoms with E-state index in [4.69, 9.17) is 0 Å². The molecule has 0 atom stereocenters. The molecule has 0 amide bonds. The summed E-state index contributed by atoms with van der Waals surface area (Å²) in [6, 6.07) is 0. The van der Waals surface area contributed by atoms with Gasteiger partial charge in [0.2, 0.25) is 0 Å². The van der Waals surface area contributed by atoms with Crippen molar-refractivity contribution in [3.8, 4) is 0 Å². The van der Waals surface area contributed by atoms with E-state index in [1.165, 1.54) is 0 Å². The third-order valence-electron chi connectivity index (χ3n) is 1.05. The van der Waals surface area contributed by atoms with Crippen molar-refractivity contribution in [2.45, 2.75) is 13.3 Å². The van der Waals surface area contributed by atoms with Crippen LogP contribution in [0.5, 0.6) is 0 Å². The van der Waals surface area contributed by atoms with Gasteiger partial charge in [0.1, 0.15) is 0 Å². The smallest absolute Gasteiger partial charge is 0.241 e. The van der Waals surface area contributed by atoms with E-state index in [1.807, 2.05) is 12.3 Å². The fourth-order valence-electron chi connectivity index (χ4n) is 0.591. The second-order valence-corrected chi connectivity index (χ2v) is 1.82. The first-order valence-corrected chi connectivity index (χ1v) is 3.04. The summed E-state index contributed by atoms with van der Waals surface area (Å²) in [6.07, 6.45) is 0.649. The van der Waals surface area contributed by atoms with E-state index in [9.17, 15) is 10.1 Å². The largest absolute Gasteiger partial charge is 0.281 e. The lowest BCUT2D eigenvalue weighted by Crippen LogP contribution is -2.08. The second kappa shape index (κ2) is 2.95. The van der Waals surface area contributed by atoms with Crippen LogP contribution in [0.1, 0.15) is 12.7 Å². The number of aromatic amines is 1. The maximum Gasteiger partial charge on any atom is 0.281 e. The van der Waals surface area contributed by atoms with Crippen LogP contribution in [-0.2, 0) is 6.42 Å². The summed E-state index contributed by atoms with van der Waals surface area (Å²) < 4.78 is 0. The Morgan fingerprint density at radius 2 is 2.55 bits per heavy atom. The molecule has 0 spiro atoms. The fourth-order valence-corrected chi connectivity index (χ4v) is 0.591. The standard InChI is InChI=1S/C4H7N5O2/c1-2-3-5-4(7-6-3)8-9(10)11/h2H2,1H3,(H2,5,6,7,8). The average molecular weight is 157 g/mol. The Morgan fingerprint density at radius 3 is 3.00 bits per heavy atom. The Bertz CT molecular complexity index is 257. The molecule has 2 N–H and O–H groups in total. The number of nitrogens with one attached hydrogen (secondary N) is 2. The SMILES string of the molecule is CCc1n[nH]c(N[N+](=O)[O-])n1. The van der Waals surface area contributed by atoms with Crippen LogP contribution in [0.4, 0.5) is 5.95 Å². The molecule has 11 heavy (non-hydrogen) atoms. The van der Waals surface area contributed by atoms with Crippen molar-refractivity contribution in [1.82, 2.24) is 15.2 Å². The summed E-state index contributed by atoms with van der Waals surface area (Å²) >= 11 is 0. The van der Waals surface area contributed by atoms with E-state index in [-0.39, 0.29) is 5.95 Å². The number of aromatic nitrogens is 3. The van der Waals surface area contributed by atoms with E-state index >= 15 is 0 Å². The molecule has 0 saturated carbocycles. The first-order chi connectivity index (χ1) is 5.22. The summed E-state index contributed by atoms with van der Waals surface area (Å²) in [6.45, 7) is 1.86. The Morgan fingerprint density at radius 1 is 1.82 bits per heavy atom. The normalized spacial score (nSPS) is 9.55. The van der Waals surface area contributed by atoms with Gasteiger partial charge in [-0.3, -0.25) is 0 Å². The van der Waals surface area contributed by atoms with Gasteiger partial charge in [0, 0.05) is 6.42 Å². The van der Waals surface area contributed by atoms with Gasteiger partial charge in [0.05, 0.1) is 0 Å². The molecule has 0 radical (unpaired) electrons. The van der Waals surface area contributed by atoms with Gasteiger partial charge in [-0.05, 0) is 0 Å². The van der Waals surface area contributed by atoms with Gasteiger partial charge in [-0.25, -0.2) is 15.2 Å². The van der Waals surface area contributed by atoms with E-state index < -0.39 is 5.03 Å². The van der Waals surface area contributed by atoms with Gasteiger partial charge in [-0.15, -0.1) is 0 Å². The maximum absolute atomic E-state index is 9.87. The van der Waals surface area contributed by atoms with E-state index in [0.717, 1.165) is 0 Å². The topological polar surface area (TPSA) is 96.7 Å². The van der Waals surface area contributed by atoms with Crippen LogP contribution in [0.25, 0.3) is 0 Å². The number of anilines is 1. The first-order valence-electron chi connectivity index (χ1n) is 3.04. The summed E-state index contributed by atoms with van der Waals surface area (Å²) in [5.41, 5.74) is 1.85. The highest BCUT2D eigenvalue weighted by atomic mass is 16.7. The van der Waals surface area contributed by atoms with Gasteiger partial charge < -0.3 is 0 Å². The molecule has 0 aliphatic rings. The van der Waals surface area contributed by atoms with Crippen LogP contribution in [0.2, 0.25) is 0 Å². The molecular weight excluding hydrogens is 150 g/mol. The van der Waals surface area contributed by atoms with Crippen molar-refractivity contribution in [2.75, 3.05) is 5.43 Å². The monoisotopic (exact) mass is 157 g/mol. The highest BCUT2D eigenvalue weighted by molar-refractivity contribution is 5.17. The third kappa shape index (κ3) is 1.88. The molecule has 1 rings (SSSR count). The molecule has 0 aromatic carbocycles. The predicted octanol–water partition coefficient (Wildman–Crippen LogP) is -0.0293. The Hall–Kier alpha value is -1.66. The summed E-state index contributed by atoms with van der Waals surface area (Å²) in [5.74, 6) is 0.612. The lowest BCUT2D eigenvalue weighted by atomic mass is 10.5. The first kappa shape index (κ1) is 7.45. The molecular formula is C4H7N5O2. The molecule has 0 aliphatic heterocycles. The van der Waals surface area contributed by atoms with Crippen molar-refractivity contribution in [3.05, 3.63) is 15.9 Å². The quantitative estimate of drug-likeness (QED) is 0.474. The van der Waals surface area contributed by atoms with Gasteiger partial charge in [-0.1, -0.05) is 12.3 Å². The zero-order valence-corrected chi connectivity index (χ0v) is 5.87. The number of aryl methyl sites for hydroxylation is 1. The number of H-pyrrole nitrogens is 1. The molecule has 1 aromatic rings. The number of nitrogens with zero attached hydrogens (tertiary/aromatic N) is 3. The molecule has 0 saturated heterocycles. The van der Waals surface area contributed by atoms with E-state index in [0.29, 0.717) is 12.2 Å². The van der Waals surface area contributed by atoms with Crippen LogP contribution in [0.3, 0.4) is 0 Å². The number of rotatable bonds is 3. The van der Waals surface area contributed by atoms with Crippen molar-refractivity contribution in [2.24, 2.45) is 0 Å². The second-order valence-electron chi connectivity index (χ2n) is 1.82. The van der Waals surface area contributed by atoms with Crippen molar-refractivity contribution < 1.29 is 5.03 Å². The maximum atomic E-state index is 9.87. The molecule has 0 fully saturated rings. The van der Waals surface area contributed by atoms with Crippen LogP contribution in [0, 0.1) is 10.1 Å². The van der Waals surface area contributed by atoms with Gasteiger partial charge >= 0.3 is 0 Å². The van der Waals surface area contributed by atoms with Gasteiger partial charge in [0.15, 0.2) is 10.9 Å². The number of hydrogen-bond acceptors (Lipinski definition) is 4. The highest BCUT2D eigenvalue weighted by Gasteiger charge is 2.03. The lowest BCUT2D eigenvalue weighted by Gasteiger charge is -1.86. The molecule has 1 aromatic heterocycles. The van der Waals surface area contributed by atoms with Crippen molar-refractivity contribution >= 4 is 5.95 Å². The molecule has 7 nitrogen and oxygen atoms in total. The summed E-state index contributed by atoms with van der Waals surface area (Å²) in [7, 11) is 0. The van der Waals surface area contributed by atoms with Crippen LogP contribution >= 0.6 is 0 Å². The Kier molecular flexibility index (Phi) is 2.00. The van der Waals surface area contributed by atoms with Crippen molar-refractivity contribution in [3.63, 3.8) is 0 Å². The number of nitro groups is 1. The summed E-state index contributed by atoms with van der Waals surface area (Å²) in [5, 5.41) is 15.2. The average Bonchev–Trinajstić information content (AvgIpc) is 2.34. The predicted molar refractivity (Wildman–Crippen MR) is 36.4 cm³/mol. The molecule has 0 bridgehead atoms. The minimum absolute atomic E-state index is 0.0619. The van der Waals surface area contributed by atoms with E-state index in [1.54, 1.807) is 0 Å². The van der Waals surface area contributed by atoms with E-state index in [2.05, 4.69) is 15.2 Å². The molecule has 1 heterocycles. The Balaban J connectivity index is 2.65. The molecule has 0 aliphatic carbocycles. The highest BCUT2D eigenvalue weighted by Crippen LogP contribution is 1.97. The number of hydrogen-bond donors (Lipinski definition) is 2. The molecule has 7 heteroatoms. The summed E-state index contributed by atoms with van der Waals surface area (Å²) in [4.78, 5) is 13.6. The minimum Gasteiger partial charge on any atom is -0.241 e. The van der Waals surface area contributed by atoms with Crippen LogP contribution in [0.15, 0.2) is 0 Å². The number of hydrazine groups is 1. The Labute approximate surface area is 62.0 Å². The zero-order chi connectivity index (χ0) is 8.27. The van der Waals surface area contributed by atoms with Crippen LogP contribution in [-0.4, -0.2) is 20.2 Å². The third-order valence-corrected chi connectivity index (χ3v) is 1.05. The lowest BCUT2D eigenvalue weighted by molar-refractivity contribution is -0.446. The van der Waals surface area contributed by atoms with Crippen molar-refractivity contribution in [1.29, 1.82) is 0 Å². The molecule has 0 unspecified atom stereocenters. The molecule has 60 valence electrons. The fraction of sp³-hybridized carbons (Fsp3) is 0.500. The van der Waals surface area contributed by atoms with Crippen LogP contribution < -0.4 is 5.43 Å². The van der Waals surface area contributed by atoms with Gasteiger partial charge in [0.25, 0.3) is 5.95 Å². The van der Waals surface area contributed by atoms with Gasteiger partial charge in [-0.2, -0.15) is 10.1 Å².